The molecule has 2 aliphatic rings. The summed E-state index contributed by atoms with van der Waals surface area (Å²) in [4.78, 5) is 8.20. The fourth-order valence-corrected chi connectivity index (χ4v) is 4.62. The van der Waals surface area contributed by atoms with Crippen LogP contribution in [0.2, 0.25) is 0 Å². The summed E-state index contributed by atoms with van der Waals surface area (Å²) < 4.78 is 0. The van der Waals surface area contributed by atoms with Crippen molar-refractivity contribution in [2.75, 3.05) is 46.3 Å². The van der Waals surface area contributed by atoms with Gasteiger partial charge in [-0.2, -0.15) is 0 Å². The SMILES string of the molecule is CC(NCCN1CCN(C)CC1)c1cc2c(s1)CCCC2. The summed E-state index contributed by atoms with van der Waals surface area (Å²) in [7, 11) is 2.22. The Labute approximate surface area is 133 Å². The van der Waals surface area contributed by atoms with E-state index in [0.29, 0.717) is 6.04 Å². The fourth-order valence-electron chi connectivity index (χ4n) is 3.34. The van der Waals surface area contributed by atoms with E-state index in [2.05, 4.69) is 35.2 Å². The van der Waals surface area contributed by atoms with Crippen LogP contribution in [0.4, 0.5) is 0 Å². The molecule has 3 rings (SSSR count). The van der Waals surface area contributed by atoms with E-state index in [1.165, 1.54) is 58.4 Å². The van der Waals surface area contributed by atoms with Crippen LogP contribution in [0.1, 0.15) is 41.1 Å². The summed E-state index contributed by atoms with van der Waals surface area (Å²) in [5.74, 6) is 0. The minimum absolute atomic E-state index is 0.507. The highest BCUT2D eigenvalue weighted by atomic mass is 32.1. The van der Waals surface area contributed by atoms with Gasteiger partial charge in [0.25, 0.3) is 0 Å². The Hall–Kier alpha value is -0.420. The number of aryl methyl sites for hydroxylation is 2. The van der Waals surface area contributed by atoms with Gasteiger partial charge in [0, 0.05) is 55.1 Å². The van der Waals surface area contributed by atoms with E-state index in [0.717, 1.165) is 6.54 Å². The standard InChI is InChI=1S/C17H29N3S/c1-14(17-13-15-5-3-4-6-16(15)21-17)18-7-8-20-11-9-19(2)10-12-20/h13-14,18H,3-12H2,1-2H3. The van der Waals surface area contributed by atoms with E-state index in [-0.39, 0.29) is 0 Å². The number of hydrogen-bond donors (Lipinski definition) is 1. The van der Waals surface area contributed by atoms with Crippen LogP contribution in [0.5, 0.6) is 0 Å². The molecule has 0 saturated carbocycles. The van der Waals surface area contributed by atoms with Crippen LogP contribution in [-0.2, 0) is 12.8 Å². The highest BCUT2D eigenvalue weighted by Crippen LogP contribution is 2.32. The summed E-state index contributed by atoms with van der Waals surface area (Å²) >= 11 is 2.05. The van der Waals surface area contributed by atoms with Crippen molar-refractivity contribution in [3.05, 3.63) is 21.4 Å². The molecule has 1 fully saturated rings. The third kappa shape index (κ3) is 4.07. The molecule has 0 bridgehead atoms. The summed E-state index contributed by atoms with van der Waals surface area (Å²) in [6.07, 6.45) is 5.39. The molecule has 1 N–H and O–H groups in total. The van der Waals surface area contributed by atoms with Crippen LogP contribution >= 0.6 is 11.3 Å². The Morgan fingerprint density at radius 3 is 2.71 bits per heavy atom. The first-order chi connectivity index (χ1) is 10.2. The lowest BCUT2D eigenvalue weighted by atomic mass is 9.99. The summed E-state index contributed by atoms with van der Waals surface area (Å²) in [5.41, 5.74) is 1.63. The molecule has 0 amide bonds. The summed E-state index contributed by atoms with van der Waals surface area (Å²) in [6.45, 7) is 9.48. The van der Waals surface area contributed by atoms with E-state index >= 15 is 0 Å². The number of likely N-dealkylation sites (N-methyl/N-ethyl adjacent to an activating group) is 1. The van der Waals surface area contributed by atoms with Gasteiger partial charge in [0.2, 0.25) is 0 Å². The molecule has 1 aromatic rings. The number of thiophene rings is 1. The first kappa shape index (κ1) is 15.5. The molecule has 1 aliphatic heterocycles. The molecule has 1 atom stereocenters. The van der Waals surface area contributed by atoms with E-state index in [4.69, 9.17) is 0 Å². The van der Waals surface area contributed by atoms with Crippen molar-refractivity contribution in [3.63, 3.8) is 0 Å². The largest absolute Gasteiger partial charge is 0.308 e. The lowest BCUT2D eigenvalue weighted by Crippen LogP contribution is -2.46. The van der Waals surface area contributed by atoms with Gasteiger partial charge < -0.3 is 10.2 Å². The van der Waals surface area contributed by atoms with Gasteiger partial charge in [-0.05, 0) is 51.3 Å². The van der Waals surface area contributed by atoms with Crippen molar-refractivity contribution in [3.8, 4) is 0 Å². The predicted molar refractivity (Wildman–Crippen MR) is 91.3 cm³/mol. The second kappa shape index (κ2) is 7.23. The Balaban J connectivity index is 1.43. The molecule has 118 valence electrons. The number of rotatable bonds is 5. The highest BCUT2D eigenvalue weighted by Gasteiger charge is 2.17. The van der Waals surface area contributed by atoms with E-state index in [1.807, 2.05) is 11.3 Å². The first-order valence-electron chi connectivity index (χ1n) is 8.48. The lowest BCUT2D eigenvalue weighted by Gasteiger charge is -2.32. The smallest absolute Gasteiger partial charge is 0.0386 e. The number of hydrogen-bond acceptors (Lipinski definition) is 4. The number of nitrogens with one attached hydrogen (secondary N) is 1. The van der Waals surface area contributed by atoms with Crippen LogP contribution in [0.3, 0.4) is 0 Å². The van der Waals surface area contributed by atoms with E-state index < -0.39 is 0 Å². The number of fused-ring (bicyclic) bond motifs is 1. The molecule has 1 aliphatic carbocycles. The van der Waals surface area contributed by atoms with Crippen LogP contribution in [-0.4, -0.2) is 56.1 Å². The van der Waals surface area contributed by atoms with Gasteiger partial charge in [-0.1, -0.05) is 0 Å². The summed E-state index contributed by atoms with van der Waals surface area (Å²) in [6, 6.07) is 2.97. The molecule has 2 heterocycles. The van der Waals surface area contributed by atoms with E-state index in [1.54, 1.807) is 15.3 Å². The zero-order valence-corrected chi connectivity index (χ0v) is 14.3. The van der Waals surface area contributed by atoms with Crippen molar-refractivity contribution in [2.24, 2.45) is 0 Å². The Kier molecular flexibility index (Phi) is 5.33. The molecule has 1 unspecified atom stereocenters. The van der Waals surface area contributed by atoms with Gasteiger partial charge in [0.15, 0.2) is 0 Å². The number of piperazine rings is 1. The van der Waals surface area contributed by atoms with Crippen molar-refractivity contribution in [1.82, 2.24) is 15.1 Å². The molecule has 0 radical (unpaired) electrons. The van der Waals surface area contributed by atoms with Crippen molar-refractivity contribution in [1.29, 1.82) is 0 Å². The maximum atomic E-state index is 3.72. The molecule has 3 nitrogen and oxygen atoms in total. The second-order valence-corrected chi connectivity index (χ2v) is 7.79. The molecular formula is C17H29N3S. The minimum atomic E-state index is 0.507. The second-order valence-electron chi connectivity index (χ2n) is 6.63. The maximum absolute atomic E-state index is 3.72. The third-order valence-corrected chi connectivity index (χ3v) is 6.34. The van der Waals surface area contributed by atoms with Crippen molar-refractivity contribution in [2.45, 2.75) is 38.6 Å². The highest BCUT2D eigenvalue weighted by molar-refractivity contribution is 7.12. The van der Waals surface area contributed by atoms with Gasteiger partial charge in [0.1, 0.15) is 0 Å². The van der Waals surface area contributed by atoms with Crippen LogP contribution < -0.4 is 5.32 Å². The number of nitrogens with zero attached hydrogens (tertiary/aromatic N) is 2. The Morgan fingerprint density at radius 1 is 1.19 bits per heavy atom. The van der Waals surface area contributed by atoms with Gasteiger partial charge in [0.05, 0.1) is 0 Å². The molecular weight excluding hydrogens is 278 g/mol. The minimum Gasteiger partial charge on any atom is -0.308 e. The van der Waals surface area contributed by atoms with Crippen molar-refractivity contribution < 1.29 is 0 Å². The average Bonchev–Trinajstić information content (AvgIpc) is 2.93. The van der Waals surface area contributed by atoms with Crippen LogP contribution in [0, 0.1) is 0 Å². The molecule has 1 aromatic heterocycles. The van der Waals surface area contributed by atoms with E-state index in [9.17, 15) is 0 Å². The quantitative estimate of drug-likeness (QED) is 0.902. The molecule has 1 saturated heterocycles. The average molecular weight is 308 g/mol. The Morgan fingerprint density at radius 2 is 1.95 bits per heavy atom. The third-order valence-electron chi connectivity index (χ3n) is 4.92. The Bertz CT molecular complexity index is 425. The lowest BCUT2D eigenvalue weighted by molar-refractivity contribution is 0.154. The van der Waals surface area contributed by atoms with Gasteiger partial charge in [-0.3, -0.25) is 4.90 Å². The van der Waals surface area contributed by atoms with Crippen molar-refractivity contribution >= 4 is 11.3 Å². The molecule has 0 spiro atoms. The fraction of sp³-hybridized carbons (Fsp3) is 0.765. The zero-order valence-electron chi connectivity index (χ0n) is 13.5. The topological polar surface area (TPSA) is 18.5 Å². The molecule has 0 aromatic carbocycles. The van der Waals surface area contributed by atoms with Gasteiger partial charge >= 0.3 is 0 Å². The molecule has 4 heteroatoms. The predicted octanol–water partition coefficient (Wildman–Crippen LogP) is 2.52. The first-order valence-corrected chi connectivity index (χ1v) is 9.30. The molecule has 21 heavy (non-hydrogen) atoms. The summed E-state index contributed by atoms with van der Waals surface area (Å²) in [5, 5.41) is 3.72. The van der Waals surface area contributed by atoms with Crippen LogP contribution in [0.15, 0.2) is 6.07 Å². The van der Waals surface area contributed by atoms with Gasteiger partial charge in [-0.25, -0.2) is 0 Å². The van der Waals surface area contributed by atoms with Gasteiger partial charge in [-0.15, -0.1) is 11.3 Å². The maximum Gasteiger partial charge on any atom is 0.0386 e. The van der Waals surface area contributed by atoms with Crippen LogP contribution in [0.25, 0.3) is 0 Å². The zero-order chi connectivity index (χ0) is 14.7. The normalized spacial score (nSPS) is 22.2. The monoisotopic (exact) mass is 307 g/mol.